The molecule has 0 unspecified atom stereocenters. The van der Waals surface area contributed by atoms with Gasteiger partial charge in [0.1, 0.15) is 0 Å². The molecule has 17 heavy (non-hydrogen) atoms. The second kappa shape index (κ2) is 4.45. The molecule has 0 N–H and O–H groups in total. The van der Waals surface area contributed by atoms with E-state index in [2.05, 4.69) is 0 Å². The van der Waals surface area contributed by atoms with Crippen molar-refractivity contribution in [2.24, 2.45) is 7.05 Å². The van der Waals surface area contributed by atoms with Crippen LogP contribution in [0, 0.1) is 6.92 Å². The second-order valence-electron chi connectivity index (χ2n) is 4.13. The number of nitrogens with zero attached hydrogens (tertiary/aromatic N) is 2. The van der Waals surface area contributed by atoms with Crippen molar-refractivity contribution in [3.05, 3.63) is 53.9 Å². The van der Waals surface area contributed by atoms with E-state index in [1.807, 2.05) is 61.1 Å². The summed E-state index contributed by atoms with van der Waals surface area (Å²) >= 11 is 0. The number of carbonyl (C=O) groups is 1. The number of hydrogen-bond acceptors (Lipinski definition) is 1. The number of anilines is 1. The maximum atomic E-state index is 12.3. The summed E-state index contributed by atoms with van der Waals surface area (Å²) in [5, 5.41) is 0. The highest BCUT2D eigenvalue weighted by molar-refractivity contribution is 6.06. The van der Waals surface area contributed by atoms with Gasteiger partial charge in [-0.3, -0.25) is 4.79 Å². The highest BCUT2D eigenvalue weighted by Crippen LogP contribution is 2.17. The molecule has 0 aliphatic heterocycles. The number of aromatic nitrogens is 1. The number of amides is 1. The minimum atomic E-state index is 0.0225. The lowest BCUT2D eigenvalue weighted by Crippen LogP contribution is -2.26. The van der Waals surface area contributed by atoms with Crippen molar-refractivity contribution >= 4 is 11.6 Å². The number of hydrogen-bond donors (Lipinski definition) is 0. The van der Waals surface area contributed by atoms with Crippen LogP contribution in [0.15, 0.2) is 42.6 Å². The Labute approximate surface area is 101 Å². The van der Waals surface area contributed by atoms with Gasteiger partial charge in [-0.1, -0.05) is 18.2 Å². The van der Waals surface area contributed by atoms with Crippen LogP contribution in [0.5, 0.6) is 0 Å². The summed E-state index contributed by atoms with van der Waals surface area (Å²) < 4.78 is 1.95. The minimum absolute atomic E-state index is 0.0225. The van der Waals surface area contributed by atoms with Gasteiger partial charge < -0.3 is 9.47 Å². The van der Waals surface area contributed by atoms with Gasteiger partial charge in [-0.2, -0.15) is 0 Å². The molecule has 2 aromatic rings. The van der Waals surface area contributed by atoms with Gasteiger partial charge >= 0.3 is 0 Å². The third-order valence-electron chi connectivity index (χ3n) is 3.06. The van der Waals surface area contributed by atoms with Crippen molar-refractivity contribution in [3.8, 4) is 0 Å². The quantitative estimate of drug-likeness (QED) is 0.775. The molecule has 0 saturated heterocycles. The van der Waals surface area contributed by atoms with E-state index in [0.717, 1.165) is 16.9 Å². The lowest BCUT2D eigenvalue weighted by molar-refractivity contribution is 0.0992. The number of rotatable bonds is 2. The molecule has 3 nitrogen and oxygen atoms in total. The summed E-state index contributed by atoms with van der Waals surface area (Å²) in [6.07, 6.45) is 1.90. The van der Waals surface area contributed by atoms with E-state index in [-0.39, 0.29) is 5.91 Å². The van der Waals surface area contributed by atoms with Gasteiger partial charge in [-0.25, -0.2) is 0 Å². The van der Waals surface area contributed by atoms with Crippen LogP contribution in [0.25, 0.3) is 0 Å². The summed E-state index contributed by atoms with van der Waals surface area (Å²) in [7, 11) is 3.73. The largest absolute Gasteiger partial charge is 0.354 e. The highest BCUT2D eigenvalue weighted by Gasteiger charge is 2.16. The Morgan fingerprint density at radius 1 is 1.18 bits per heavy atom. The molecule has 0 atom stereocenters. The Balaban J connectivity index is 2.30. The number of benzene rings is 1. The van der Waals surface area contributed by atoms with Crippen molar-refractivity contribution in [2.45, 2.75) is 6.92 Å². The van der Waals surface area contributed by atoms with Crippen molar-refractivity contribution < 1.29 is 4.79 Å². The Kier molecular flexibility index (Phi) is 3.00. The van der Waals surface area contributed by atoms with E-state index in [1.165, 1.54) is 0 Å². The molecule has 0 fully saturated rings. The molecule has 88 valence electrons. The average molecular weight is 228 g/mol. The van der Waals surface area contributed by atoms with Crippen LogP contribution >= 0.6 is 0 Å². The Hall–Kier alpha value is -2.03. The third-order valence-corrected chi connectivity index (χ3v) is 3.06. The zero-order chi connectivity index (χ0) is 12.4. The molecule has 0 aliphatic carbocycles. The first-order valence-electron chi connectivity index (χ1n) is 5.56. The van der Waals surface area contributed by atoms with Crippen LogP contribution in [0.3, 0.4) is 0 Å². The summed E-state index contributed by atoms with van der Waals surface area (Å²) in [6, 6.07) is 11.5. The van der Waals surface area contributed by atoms with Crippen molar-refractivity contribution in [2.75, 3.05) is 11.9 Å². The number of para-hydroxylation sites is 1. The van der Waals surface area contributed by atoms with E-state index >= 15 is 0 Å². The molecule has 0 bridgehead atoms. The lowest BCUT2D eigenvalue weighted by atomic mass is 10.2. The smallest absolute Gasteiger partial charge is 0.259 e. The van der Waals surface area contributed by atoms with E-state index in [9.17, 15) is 4.79 Å². The maximum absolute atomic E-state index is 12.3. The Morgan fingerprint density at radius 3 is 2.35 bits per heavy atom. The molecular formula is C14H16N2O. The van der Waals surface area contributed by atoms with E-state index in [1.54, 1.807) is 11.9 Å². The van der Waals surface area contributed by atoms with E-state index < -0.39 is 0 Å². The fourth-order valence-electron chi connectivity index (χ4n) is 1.78. The first-order valence-corrected chi connectivity index (χ1v) is 5.56. The van der Waals surface area contributed by atoms with Crippen LogP contribution in [-0.2, 0) is 7.05 Å². The van der Waals surface area contributed by atoms with Gasteiger partial charge in [-0.05, 0) is 25.1 Å². The molecule has 0 aliphatic rings. The zero-order valence-electron chi connectivity index (χ0n) is 10.3. The summed E-state index contributed by atoms with van der Waals surface area (Å²) in [6.45, 7) is 1.95. The Bertz CT molecular complexity index is 528. The molecule has 0 saturated carbocycles. The molecule has 1 heterocycles. The molecular weight excluding hydrogens is 212 g/mol. The van der Waals surface area contributed by atoms with Crippen LogP contribution in [0.1, 0.15) is 16.1 Å². The molecule has 1 aromatic carbocycles. The first kappa shape index (κ1) is 11.5. The van der Waals surface area contributed by atoms with Gasteiger partial charge in [0.2, 0.25) is 0 Å². The van der Waals surface area contributed by atoms with Crippen molar-refractivity contribution in [1.29, 1.82) is 0 Å². The molecule has 3 heteroatoms. The number of aryl methyl sites for hydroxylation is 1. The number of carbonyl (C=O) groups excluding carboxylic acids is 1. The predicted molar refractivity (Wildman–Crippen MR) is 69.3 cm³/mol. The summed E-state index contributed by atoms with van der Waals surface area (Å²) in [5.41, 5.74) is 2.64. The van der Waals surface area contributed by atoms with Gasteiger partial charge in [0, 0.05) is 31.7 Å². The van der Waals surface area contributed by atoms with Crippen molar-refractivity contribution in [3.63, 3.8) is 0 Å². The van der Waals surface area contributed by atoms with E-state index in [4.69, 9.17) is 0 Å². The van der Waals surface area contributed by atoms with Gasteiger partial charge in [0.15, 0.2) is 0 Å². The maximum Gasteiger partial charge on any atom is 0.259 e. The lowest BCUT2D eigenvalue weighted by Gasteiger charge is -2.17. The molecule has 1 aromatic heterocycles. The third kappa shape index (κ3) is 2.09. The predicted octanol–water partition coefficient (Wildman–Crippen LogP) is 2.61. The highest BCUT2D eigenvalue weighted by atomic mass is 16.2. The SMILES string of the molecule is Cc1c(C(=O)N(C)c2ccccc2)ccn1C. The van der Waals surface area contributed by atoms with Crippen LogP contribution in [-0.4, -0.2) is 17.5 Å². The van der Waals surface area contributed by atoms with Gasteiger partial charge in [0.25, 0.3) is 5.91 Å². The molecule has 1 amide bonds. The average Bonchev–Trinajstić information content (AvgIpc) is 2.69. The van der Waals surface area contributed by atoms with Crippen LogP contribution in [0.2, 0.25) is 0 Å². The summed E-state index contributed by atoms with van der Waals surface area (Å²) in [4.78, 5) is 14.0. The van der Waals surface area contributed by atoms with Crippen LogP contribution in [0.4, 0.5) is 5.69 Å². The minimum Gasteiger partial charge on any atom is -0.354 e. The fourth-order valence-corrected chi connectivity index (χ4v) is 1.78. The normalized spacial score (nSPS) is 10.3. The first-order chi connectivity index (χ1) is 8.11. The van der Waals surface area contributed by atoms with E-state index in [0.29, 0.717) is 0 Å². The standard InChI is InChI=1S/C14H16N2O/c1-11-13(9-10-15(11)2)14(17)16(3)12-7-5-4-6-8-12/h4-10H,1-3H3. The topological polar surface area (TPSA) is 25.2 Å². The fraction of sp³-hybridized carbons (Fsp3) is 0.214. The van der Waals surface area contributed by atoms with Crippen LogP contribution < -0.4 is 4.90 Å². The second-order valence-corrected chi connectivity index (χ2v) is 4.13. The van der Waals surface area contributed by atoms with Gasteiger partial charge in [-0.15, -0.1) is 0 Å². The molecule has 0 spiro atoms. The van der Waals surface area contributed by atoms with Crippen molar-refractivity contribution in [1.82, 2.24) is 4.57 Å². The molecule has 0 radical (unpaired) electrons. The molecule has 2 rings (SSSR count). The summed E-state index contributed by atoms with van der Waals surface area (Å²) in [5.74, 6) is 0.0225. The monoisotopic (exact) mass is 228 g/mol. The van der Waals surface area contributed by atoms with Gasteiger partial charge in [0.05, 0.1) is 5.56 Å². The Morgan fingerprint density at radius 2 is 1.82 bits per heavy atom. The zero-order valence-corrected chi connectivity index (χ0v) is 10.3.